The molecule has 1 fully saturated rings. The average Bonchev–Trinajstić information content (AvgIpc) is 3.36. The summed E-state index contributed by atoms with van der Waals surface area (Å²) in [7, 11) is 0. The van der Waals surface area contributed by atoms with Crippen LogP contribution in [-0.4, -0.2) is 30.7 Å². The van der Waals surface area contributed by atoms with Crippen LogP contribution in [0.25, 0.3) is 11.1 Å². The Balaban J connectivity index is 1.35. The number of fused-ring (bicyclic) bond motifs is 3. The number of hydrogen-bond donors (Lipinski definition) is 0. The topological polar surface area (TPSA) is 23.1 Å². The van der Waals surface area contributed by atoms with Crippen LogP contribution < -0.4 is 5.11 Å². The van der Waals surface area contributed by atoms with E-state index >= 15 is 0 Å². The van der Waals surface area contributed by atoms with Crippen LogP contribution in [0.2, 0.25) is 0 Å². The second-order valence-corrected chi connectivity index (χ2v) is 10.7. The summed E-state index contributed by atoms with van der Waals surface area (Å²) in [4.78, 5) is 0. The minimum atomic E-state index is -1.27. The zero-order chi connectivity index (χ0) is 22.9. The summed E-state index contributed by atoms with van der Waals surface area (Å²) in [6, 6.07) is 24.9. The Kier molecular flexibility index (Phi) is 6.35. The van der Waals surface area contributed by atoms with Gasteiger partial charge in [0.1, 0.15) is 6.54 Å². The molecule has 0 amide bonds. The van der Waals surface area contributed by atoms with Crippen LogP contribution >= 0.6 is 22.6 Å². The lowest BCUT2D eigenvalue weighted by Gasteiger charge is -2.37. The third-order valence-electron chi connectivity index (χ3n) is 7.49. The van der Waals surface area contributed by atoms with E-state index in [-0.39, 0.29) is 0 Å². The van der Waals surface area contributed by atoms with E-state index in [1.165, 1.54) is 22.1 Å². The Morgan fingerprint density at radius 3 is 2.24 bits per heavy atom. The van der Waals surface area contributed by atoms with Crippen LogP contribution in [0, 0.1) is 15.4 Å². The summed E-state index contributed by atoms with van der Waals surface area (Å²) in [5, 5.41) is 14.1. The molecule has 1 saturated heterocycles. The van der Waals surface area contributed by atoms with Crippen LogP contribution in [0.3, 0.4) is 0 Å². The lowest BCUT2D eigenvalue weighted by molar-refractivity contribution is -0.910. The average molecular weight is 547 g/mol. The molecule has 3 aromatic carbocycles. The second-order valence-electron chi connectivity index (χ2n) is 9.59. The predicted molar refractivity (Wildman–Crippen MR) is 142 cm³/mol. The summed E-state index contributed by atoms with van der Waals surface area (Å²) in [5.41, 5.74) is 4.10. The van der Waals surface area contributed by atoms with E-state index in [4.69, 9.17) is 0 Å². The summed E-state index contributed by atoms with van der Waals surface area (Å²) >= 11 is 2.47. The van der Waals surface area contributed by atoms with Crippen LogP contribution in [0.5, 0.6) is 0 Å². The molecule has 1 aliphatic carbocycles. The molecular formula is C30H30INO. The molecule has 0 spiro atoms. The maximum Gasteiger partial charge on any atom is 0.140 e. The number of quaternary nitrogens is 1. The third kappa shape index (κ3) is 4.14. The highest BCUT2D eigenvalue weighted by Crippen LogP contribution is 2.47. The van der Waals surface area contributed by atoms with Gasteiger partial charge in [-0.1, -0.05) is 79.6 Å². The van der Waals surface area contributed by atoms with Crippen molar-refractivity contribution in [1.29, 1.82) is 0 Å². The van der Waals surface area contributed by atoms with Gasteiger partial charge < -0.3 is 9.59 Å². The molecule has 3 heteroatoms. The molecular weight excluding hydrogens is 517 g/mol. The van der Waals surface area contributed by atoms with E-state index in [9.17, 15) is 5.11 Å². The van der Waals surface area contributed by atoms with E-state index in [1.54, 1.807) is 0 Å². The predicted octanol–water partition coefficient (Wildman–Crippen LogP) is 5.68. The Morgan fingerprint density at radius 2 is 1.58 bits per heavy atom. The van der Waals surface area contributed by atoms with Crippen LogP contribution in [0.4, 0.5) is 0 Å². The molecule has 2 unspecified atom stereocenters. The van der Waals surface area contributed by atoms with Crippen molar-refractivity contribution in [2.75, 3.05) is 26.2 Å². The molecule has 33 heavy (non-hydrogen) atoms. The molecule has 0 radical (unpaired) electrons. The van der Waals surface area contributed by atoms with Crippen molar-refractivity contribution in [1.82, 2.24) is 0 Å². The smallest absolute Gasteiger partial charge is 0.140 e. The van der Waals surface area contributed by atoms with Gasteiger partial charge >= 0.3 is 0 Å². The number of benzene rings is 3. The van der Waals surface area contributed by atoms with Crippen molar-refractivity contribution in [2.24, 2.45) is 0 Å². The number of likely N-dealkylation sites (tertiary alicyclic amines) is 1. The van der Waals surface area contributed by atoms with Gasteiger partial charge in [-0.05, 0) is 74.4 Å². The maximum atomic E-state index is 14.1. The first kappa shape index (κ1) is 22.7. The van der Waals surface area contributed by atoms with E-state index in [2.05, 4.69) is 77.8 Å². The first-order chi connectivity index (χ1) is 16.1. The lowest BCUT2D eigenvalue weighted by Crippen LogP contribution is -2.46. The van der Waals surface area contributed by atoms with Crippen molar-refractivity contribution in [3.63, 3.8) is 0 Å². The van der Waals surface area contributed by atoms with Crippen LogP contribution in [0.1, 0.15) is 48.8 Å². The minimum Gasteiger partial charge on any atom is -0.842 e. The van der Waals surface area contributed by atoms with Gasteiger partial charge in [0.25, 0.3) is 0 Å². The first-order valence-electron chi connectivity index (χ1n) is 12.0. The Labute approximate surface area is 211 Å². The minimum absolute atomic E-state index is 0.327. The van der Waals surface area contributed by atoms with Crippen molar-refractivity contribution < 1.29 is 9.59 Å². The first-order valence-corrected chi connectivity index (χ1v) is 13.1. The molecule has 1 aliphatic heterocycles. The fourth-order valence-corrected chi connectivity index (χ4v) is 6.75. The Bertz CT molecular complexity index is 1180. The van der Waals surface area contributed by atoms with Crippen molar-refractivity contribution in [2.45, 2.75) is 37.7 Å². The van der Waals surface area contributed by atoms with Crippen LogP contribution in [0.15, 0.2) is 72.8 Å². The van der Waals surface area contributed by atoms with Crippen LogP contribution in [-0.2, 0) is 5.60 Å². The molecule has 2 atom stereocenters. The normalized spacial score (nSPS) is 22.3. The fraction of sp³-hybridized carbons (Fsp3) is 0.333. The number of nitrogens with zero attached hydrogens (tertiary/aromatic N) is 1. The maximum absolute atomic E-state index is 14.1. The fourth-order valence-electron chi connectivity index (χ4n) is 5.93. The van der Waals surface area contributed by atoms with Gasteiger partial charge in [-0.2, -0.15) is 0 Å². The van der Waals surface area contributed by atoms with Gasteiger partial charge in [-0.25, -0.2) is 0 Å². The Hall–Kier alpha value is -2.13. The number of hydrogen-bond acceptors (Lipinski definition) is 1. The SMILES string of the molecule is CCC[N+]1(CC#CCC2([O-])c3ccccc3-c3ccccc32)CCC(c2ccccc2I)C1. The summed E-state index contributed by atoms with van der Waals surface area (Å²) in [5.74, 6) is 7.42. The summed E-state index contributed by atoms with van der Waals surface area (Å²) in [6.45, 7) is 6.59. The molecule has 0 N–H and O–H groups in total. The second kappa shape index (κ2) is 9.25. The van der Waals surface area contributed by atoms with E-state index in [0.29, 0.717) is 12.3 Å². The number of rotatable bonds is 5. The van der Waals surface area contributed by atoms with E-state index < -0.39 is 5.60 Å². The Morgan fingerprint density at radius 1 is 0.939 bits per heavy atom. The number of halogens is 1. The van der Waals surface area contributed by atoms with Crippen molar-refractivity contribution in [3.05, 3.63) is 93.1 Å². The molecule has 0 aromatic heterocycles. The van der Waals surface area contributed by atoms with Gasteiger partial charge in [0.15, 0.2) is 0 Å². The van der Waals surface area contributed by atoms with Gasteiger partial charge in [-0.3, -0.25) is 0 Å². The highest BCUT2D eigenvalue weighted by atomic mass is 127. The highest BCUT2D eigenvalue weighted by Gasteiger charge is 2.38. The molecule has 5 rings (SSSR count). The molecule has 2 aliphatic rings. The molecule has 1 heterocycles. The standard InChI is InChI=1S/C30H30INO/c1-2-19-32(21-17-23(22-32)24-11-5-8-16-29(24)31)20-10-9-18-30(33)27-14-6-3-12-25(27)26-13-4-7-15-28(26)30/h3-8,11-16,23H,2,17-22H2,1H3. The molecule has 2 nitrogen and oxygen atoms in total. The van der Waals surface area contributed by atoms with Crippen molar-refractivity contribution in [3.8, 4) is 23.0 Å². The zero-order valence-electron chi connectivity index (χ0n) is 19.2. The largest absolute Gasteiger partial charge is 0.842 e. The summed E-state index contributed by atoms with van der Waals surface area (Å²) < 4.78 is 2.42. The molecule has 168 valence electrons. The van der Waals surface area contributed by atoms with E-state index in [0.717, 1.165) is 52.8 Å². The van der Waals surface area contributed by atoms with Gasteiger partial charge in [0.05, 0.1) is 19.6 Å². The molecule has 0 bridgehead atoms. The monoisotopic (exact) mass is 547 g/mol. The quantitative estimate of drug-likeness (QED) is 0.229. The van der Waals surface area contributed by atoms with Gasteiger partial charge in [0.2, 0.25) is 0 Å². The van der Waals surface area contributed by atoms with Gasteiger partial charge in [-0.15, -0.1) is 0 Å². The molecule has 0 saturated carbocycles. The molecule has 3 aromatic rings. The zero-order valence-corrected chi connectivity index (χ0v) is 21.3. The summed E-state index contributed by atoms with van der Waals surface area (Å²) in [6.07, 6.45) is 2.70. The third-order valence-corrected chi connectivity index (χ3v) is 8.48. The van der Waals surface area contributed by atoms with E-state index in [1.807, 2.05) is 36.4 Å². The van der Waals surface area contributed by atoms with Crippen molar-refractivity contribution >= 4 is 22.6 Å². The van der Waals surface area contributed by atoms with Gasteiger partial charge in [0, 0.05) is 22.3 Å². The highest BCUT2D eigenvalue weighted by molar-refractivity contribution is 14.1. The lowest BCUT2D eigenvalue weighted by atomic mass is 9.88.